The van der Waals surface area contributed by atoms with Gasteiger partial charge in [0, 0.05) is 35.0 Å². The van der Waals surface area contributed by atoms with Gasteiger partial charge in [0.2, 0.25) is 0 Å². The lowest BCUT2D eigenvalue weighted by atomic mass is 10.0. The van der Waals surface area contributed by atoms with Crippen molar-refractivity contribution in [3.8, 4) is 22.6 Å². The molecular formula is C15H16N2O2. The van der Waals surface area contributed by atoms with E-state index in [0.717, 1.165) is 22.2 Å². The second-order valence-electron chi connectivity index (χ2n) is 3.98. The molecule has 3 aromatic rings. The zero-order valence-corrected chi connectivity index (χ0v) is 9.84. The molecule has 98 valence electrons. The molecule has 2 N–H and O–H groups in total. The van der Waals surface area contributed by atoms with Crippen LogP contribution in [0.4, 0.5) is 0 Å². The maximum Gasteiger partial charge on any atom is 0.137 e. The van der Waals surface area contributed by atoms with Crippen molar-refractivity contribution in [2.75, 3.05) is 7.11 Å². The molecule has 0 spiro atoms. The molecule has 0 aliphatic carbocycles. The van der Waals surface area contributed by atoms with Crippen LogP contribution in [-0.2, 0) is 0 Å². The predicted molar refractivity (Wildman–Crippen MR) is 76.5 cm³/mol. The Morgan fingerprint density at radius 3 is 2.79 bits per heavy atom. The molecule has 0 atom stereocenters. The first-order chi connectivity index (χ1) is 8.79. The highest BCUT2D eigenvalue weighted by Gasteiger charge is 2.10. The van der Waals surface area contributed by atoms with Crippen molar-refractivity contribution < 1.29 is 9.84 Å². The lowest BCUT2D eigenvalue weighted by Gasteiger charge is -2.05. The maximum atomic E-state index is 10.0. The molecule has 0 bridgehead atoms. The average molecular weight is 256 g/mol. The number of phenols is 1. The van der Waals surface area contributed by atoms with E-state index < -0.39 is 0 Å². The van der Waals surface area contributed by atoms with Crippen LogP contribution < -0.4 is 4.74 Å². The number of hydrogen-bond acceptors (Lipinski definition) is 3. The number of nitrogens with zero attached hydrogens (tertiary/aromatic N) is 1. The molecule has 2 aromatic heterocycles. The van der Waals surface area contributed by atoms with Gasteiger partial charge >= 0.3 is 0 Å². The van der Waals surface area contributed by atoms with Crippen molar-refractivity contribution in [1.29, 1.82) is 0 Å². The minimum atomic E-state index is 0. The van der Waals surface area contributed by atoms with Crippen LogP contribution in [0, 0.1) is 0 Å². The van der Waals surface area contributed by atoms with Crippen molar-refractivity contribution in [2.45, 2.75) is 7.43 Å². The number of methoxy groups -OCH3 is 1. The van der Waals surface area contributed by atoms with E-state index in [0.29, 0.717) is 5.75 Å². The Hall–Kier alpha value is -2.49. The molecule has 0 saturated heterocycles. The number of rotatable bonds is 2. The first kappa shape index (κ1) is 13.0. The third kappa shape index (κ3) is 2.12. The topological polar surface area (TPSA) is 58.1 Å². The van der Waals surface area contributed by atoms with Gasteiger partial charge in [0.25, 0.3) is 0 Å². The normalized spacial score (nSPS) is 10.2. The number of nitrogens with one attached hydrogen (secondary N) is 1. The SMILES string of the molecule is C.COc1ccc(-c2c[nH]c3ncccc23)c(O)c1. The quantitative estimate of drug-likeness (QED) is 0.736. The van der Waals surface area contributed by atoms with Crippen molar-refractivity contribution in [3.63, 3.8) is 0 Å². The molecule has 2 heterocycles. The zero-order valence-electron chi connectivity index (χ0n) is 9.84. The number of phenolic OH excluding ortho intramolecular Hbond substituents is 1. The Morgan fingerprint density at radius 1 is 1.21 bits per heavy atom. The molecule has 1 aromatic carbocycles. The Morgan fingerprint density at radius 2 is 2.05 bits per heavy atom. The fourth-order valence-corrected chi connectivity index (χ4v) is 2.04. The molecule has 4 heteroatoms. The van der Waals surface area contributed by atoms with E-state index in [2.05, 4.69) is 9.97 Å². The summed E-state index contributed by atoms with van der Waals surface area (Å²) in [6, 6.07) is 9.11. The van der Waals surface area contributed by atoms with Crippen molar-refractivity contribution in [3.05, 3.63) is 42.7 Å². The highest BCUT2D eigenvalue weighted by molar-refractivity contribution is 5.95. The van der Waals surface area contributed by atoms with Crippen LogP contribution in [0.3, 0.4) is 0 Å². The molecule has 3 rings (SSSR count). The summed E-state index contributed by atoms with van der Waals surface area (Å²) in [6.45, 7) is 0. The van der Waals surface area contributed by atoms with Gasteiger partial charge in [-0.25, -0.2) is 4.98 Å². The first-order valence-electron chi connectivity index (χ1n) is 5.59. The zero-order chi connectivity index (χ0) is 12.5. The van der Waals surface area contributed by atoms with Gasteiger partial charge in [-0.1, -0.05) is 7.43 Å². The van der Waals surface area contributed by atoms with Crippen LogP contribution in [0.2, 0.25) is 0 Å². The summed E-state index contributed by atoms with van der Waals surface area (Å²) in [6.07, 6.45) is 3.58. The lowest BCUT2D eigenvalue weighted by Crippen LogP contribution is -1.83. The number of benzene rings is 1. The third-order valence-corrected chi connectivity index (χ3v) is 2.95. The first-order valence-corrected chi connectivity index (χ1v) is 5.59. The van der Waals surface area contributed by atoms with Gasteiger partial charge in [-0.15, -0.1) is 0 Å². The summed E-state index contributed by atoms with van der Waals surface area (Å²) in [5, 5.41) is 11.0. The molecule has 0 aliphatic heterocycles. The summed E-state index contributed by atoms with van der Waals surface area (Å²) in [5.74, 6) is 0.827. The number of aromatic hydroxyl groups is 1. The fourth-order valence-electron chi connectivity index (χ4n) is 2.04. The number of H-pyrrole nitrogens is 1. The van der Waals surface area contributed by atoms with Crippen LogP contribution in [0.15, 0.2) is 42.7 Å². The van der Waals surface area contributed by atoms with Gasteiger partial charge in [0.05, 0.1) is 7.11 Å². The highest BCUT2D eigenvalue weighted by atomic mass is 16.5. The van der Waals surface area contributed by atoms with E-state index in [4.69, 9.17) is 4.74 Å². The van der Waals surface area contributed by atoms with Gasteiger partial charge in [-0.2, -0.15) is 0 Å². The molecule has 0 amide bonds. The average Bonchev–Trinajstić information content (AvgIpc) is 2.82. The number of hydrogen-bond donors (Lipinski definition) is 2. The Kier molecular flexibility index (Phi) is 3.42. The van der Waals surface area contributed by atoms with Crippen LogP contribution in [0.5, 0.6) is 11.5 Å². The van der Waals surface area contributed by atoms with Crippen molar-refractivity contribution in [2.24, 2.45) is 0 Å². The summed E-state index contributed by atoms with van der Waals surface area (Å²) in [4.78, 5) is 7.32. The summed E-state index contributed by atoms with van der Waals surface area (Å²) >= 11 is 0. The molecule has 4 nitrogen and oxygen atoms in total. The second-order valence-corrected chi connectivity index (χ2v) is 3.98. The van der Waals surface area contributed by atoms with Crippen molar-refractivity contribution >= 4 is 11.0 Å². The predicted octanol–water partition coefficient (Wildman–Crippen LogP) is 3.58. The Labute approximate surface area is 111 Å². The van der Waals surface area contributed by atoms with E-state index in [1.54, 1.807) is 19.4 Å². The summed E-state index contributed by atoms with van der Waals surface area (Å²) in [7, 11) is 1.57. The monoisotopic (exact) mass is 256 g/mol. The number of aromatic nitrogens is 2. The molecule has 0 saturated carbocycles. The second kappa shape index (κ2) is 5.02. The minimum Gasteiger partial charge on any atom is -0.507 e. The number of pyridine rings is 1. The molecule has 0 fully saturated rings. The smallest absolute Gasteiger partial charge is 0.137 e. The Balaban J connectivity index is 0.00000133. The third-order valence-electron chi connectivity index (χ3n) is 2.95. The van der Waals surface area contributed by atoms with Crippen LogP contribution in [0.1, 0.15) is 7.43 Å². The van der Waals surface area contributed by atoms with Gasteiger partial charge in [-0.05, 0) is 24.3 Å². The summed E-state index contributed by atoms with van der Waals surface area (Å²) < 4.78 is 5.07. The van der Waals surface area contributed by atoms with E-state index in [1.807, 2.05) is 30.5 Å². The van der Waals surface area contributed by atoms with E-state index >= 15 is 0 Å². The summed E-state index contributed by atoms with van der Waals surface area (Å²) in [5.41, 5.74) is 2.50. The van der Waals surface area contributed by atoms with E-state index in [-0.39, 0.29) is 13.2 Å². The minimum absolute atomic E-state index is 0. The molecular weight excluding hydrogens is 240 g/mol. The van der Waals surface area contributed by atoms with Gasteiger partial charge in [-0.3, -0.25) is 0 Å². The van der Waals surface area contributed by atoms with Crippen molar-refractivity contribution in [1.82, 2.24) is 9.97 Å². The lowest BCUT2D eigenvalue weighted by molar-refractivity contribution is 0.408. The van der Waals surface area contributed by atoms with E-state index in [1.165, 1.54) is 0 Å². The van der Waals surface area contributed by atoms with Gasteiger partial charge in [0.1, 0.15) is 17.1 Å². The van der Waals surface area contributed by atoms with Gasteiger partial charge < -0.3 is 14.8 Å². The molecule has 0 aliphatic rings. The highest BCUT2D eigenvalue weighted by Crippen LogP contribution is 2.35. The maximum absolute atomic E-state index is 10.0. The molecule has 0 unspecified atom stereocenters. The number of aromatic amines is 1. The molecule has 19 heavy (non-hydrogen) atoms. The van der Waals surface area contributed by atoms with Crippen LogP contribution >= 0.6 is 0 Å². The fraction of sp³-hybridized carbons (Fsp3) is 0.133. The van der Waals surface area contributed by atoms with Gasteiger partial charge in [0.15, 0.2) is 0 Å². The van der Waals surface area contributed by atoms with E-state index in [9.17, 15) is 5.11 Å². The van der Waals surface area contributed by atoms with Crippen LogP contribution in [-0.4, -0.2) is 22.2 Å². The molecule has 0 radical (unpaired) electrons. The van der Waals surface area contributed by atoms with Crippen LogP contribution in [0.25, 0.3) is 22.2 Å². The standard InChI is InChI=1S/C14H12N2O2.CH4/c1-18-9-4-5-10(13(17)7-9)12-8-16-14-11(12)3-2-6-15-14;/h2-8,17H,1H3,(H,15,16);1H4. The number of fused-ring (bicyclic) bond motifs is 1. The Bertz CT molecular complexity index is 704. The number of ether oxygens (including phenoxy) is 1. The largest absolute Gasteiger partial charge is 0.507 e.